The monoisotopic (exact) mass is 279 g/mol. The molecule has 0 saturated carbocycles. The molecule has 1 heterocycles. The zero-order chi connectivity index (χ0) is 14.7. The lowest BCUT2D eigenvalue weighted by atomic mass is 10.1. The van der Waals surface area contributed by atoms with Gasteiger partial charge in [0.15, 0.2) is 0 Å². The Morgan fingerprint density at radius 1 is 1.35 bits per heavy atom. The quantitative estimate of drug-likeness (QED) is 0.457. The normalized spacial score (nSPS) is 18.2. The number of carbonyl (C=O) groups is 3. The molecule has 1 aliphatic heterocycles. The number of anilines is 1. The maximum absolute atomic E-state index is 11.9. The molecule has 1 fully saturated rings. The highest BCUT2D eigenvalue weighted by Crippen LogP contribution is 2.21. The summed E-state index contributed by atoms with van der Waals surface area (Å²) < 4.78 is 0. The van der Waals surface area contributed by atoms with Crippen LogP contribution in [0.15, 0.2) is 18.2 Å². The Balaban J connectivity index is 2.06. The summed E-state index contributed by atoms with van der Waals surface area (Å²) in [6.45, 7) is 0.211. The van der Waals surface area contributed by atoms with E-state index < -0.39 is 17.9 Å². The molecule has 2 rings (SSSR count). The van der Waals surface area contributed by atoms with E-state index in [9.17, 15) is 19.5 Å². The summed E-state index contributed by atoms with van der Waals surface area (Å²) in [6.07, 6.45) is 0. The number of carboxylic acids is 1. The van der Waals surface area contributed by atoms with Gasteiger partial charge in [-0.3, -0.25) is 14.9 Å². The minimum Gasteiger partial charge on any atom is -0.507 e. The molecule has 8 heteroatoms. The summed E-state index contributed by atoms with van der Waals surface area (Å²) >= 11 is 0. The lowest BCUT2D eigenvalue weighted by molar-refractivity contribution is -0.124. The van der Waals surface area contributed by atoms with Crippen molar-refractivity contribution in [3.8, 4) is 5.75 Å². The summed E-state index contributed by atoms with van der Waals surface area (Å²) in [5, 5.41) is 26.0. The summed E-state index contributed by atoms with van der Waals surface area (Å²) in [7, 11) is 0. The van der Waals surface area contributed by atoms with Gasteiger partial charge in [-0.2, -0.15) is 0 Å². The topological polar surface area (TPSA) is 128 Å². The molecule has 0 radical (unpaired) electrons. The van der Waals surface area contributed by atoms with Crippen molar-refractivity contribution in [2.45, 2.75) is 6.04 Å². The van der Waals surface area contributed by atoms with E-state index in [-0.39, 0.29) is 36.0 Å². The number of rotatable bonds is 3. The molecule has 106 valence electrons. The number of nitrogens with one attached hydrogen (secondary N) is 3. The van der Waals surface area contributed by atoms with Crippen LogP contribution in [0.1, 0.15) is 10.4 Å². The molecule has 0 aromatic heterocycles. The van der Waals surface area contributed by atoms with Crippen LogP contribution in [-0.4, -0.2) is 47.1 Å². The molecule has 20 heavy (non-hydrogen) atoms. The van der Waals surface area contributed by atoms with Crippen molar-refractivity contribution in [1.29, 1.82) is 0 Å². The summed E-state index contributed by atoms with van der Waals surface area (Å²) in [4.78, 5) is 33.7. The van der Waals surface area contributed by atoms with Gasteiger partial charge in [0.05, 0.1) is 6.54 Å². The minimum atomic E-state index is -1.29. The molecular formula is C12H13N3O5. The van der Waals surface area contributed by atoms with E-state index in [0.717, 1.165) is 6.07 Å². The molecule has 1 aromatic carbocycles. The van der Waals surface area contributed by atoms with E-state index in [2.05, 4.69) is 16.0 Å². The zero-order valence-electron chi connectivity index (χ0n) is 10.3. The smallest absolute Gasteiger partial charge is 0.339 e. The first-order valence-electron chi connectivity index (χ1n) is 5.84. The van der Waals surface area contributed by atoms with Crippen LogP contribution in [0.2, 0.25) is 0 Å². The first-order chi connectivity index (χ1) is 9.47. The fourth-order valence-electron chi connectivity index (χ4n) is 1.77. The van der Waals surface area contributed by atoms with E-state index in [1.807, 2.05) is 0 Å². The number of carbonyl (C=O) groups excluding carboxylic acids is 2. The third kappa shape index (κ3) is 3.04. The van der Waals surface area contributed by atoms with Crippen LogP contribution in [0.4, 0.5) is 5.69 Å². The SMILES string of the molecule is O=C1CNC(C(=O)Nc2ccc(O)c(C(=O)O)c2)CN1. The number of phenols is 1. The average Bonchev–Trinajstić information content (AvgIpc) is 2.41. The van der Waals surface area contributed by atoms with Crippen molar-refractivity contribution < 1.29 is 24.6 Å². The van der Waals surface area contributed by atoms with Gasteiger partial charge in [-0.1, -0.05) is 0 Å². The third-order valence-electron chi connectivity index (χ3n) is 2.82. The Morgan fingerprint density at radius 3 is 2.70 bits per heavy atom. The first kappa shape index (κ1) is 13.8. The van der Waals surface area contributed by atoms with Gasteiger partial charge in [-0.05, 0) is 18.2 Å². The summed E-state index contributed by atoms with van der Waals surface area (Å²) in [5.74, 6) is -2.25. The third-order valence-corrected chi connectivity index (χ3v) is 2.82. The van der Waals surface area contributed by atoms with Crippen molar-refractivity contribution in [2.75, 3.05) is 18.4 Å². The van der Waals surface area contributed by atoms with Crippen molar-refractivity contribution in [3.05, 3.63) is 23.8 Å². The molecule has 1 atom stereocenters. The highest BCUT2D eigenvalue weighted by atomic mass is 16.4. The van der Waals surface area contributed by atoms with Gasteiger partial charge < -0.3 is 20.8 Å². The zero-order valence-corrected chi connectivity index (χ0v) is 10.3. The van der Waals surface area contributed by atoms with Crippen LogP contribution in [-0.2, 0) is 9.59 Å². The fourth-order valence-corrected chi connectivity index (χ4v) is 1.77. The first-order valence-corrected chi connectivity index (χ1v) is 5.84. The van der Waals surface area contributed by atoms with E-state index in [1.54, 1.807) is 0 Å². The predicted octanol–water partition coefficient (Wildman–Crippen LogP) is -0.883. The molecule has 0 aliphatic carbocycles. The number of carboxylic acid groups (broad SMARTS) is 1. The van der Waals surface area contributed by atoms with Gasteiger partial charge in [0.25, 0.3) is 0 Å². The molecule has 1 aromatic rings. The van der Waals surface area contributed by atoms with Gasteiger partial charge >= 0.3 is 5.97 Å². The van der Waals surface area contributed by atoms with Crippen molar-refractivity contribution in [1.82, 2.24) is 10.6 Å². The standard InChI is InChI=1S/C12H13N3O5/c16-9-2-1-6(3-7(9)12(19)20)15-11(18)8-4-14-10(17)5-13-8/h1-3,8,13,16H,4-5H2,(H,14,17)(H,15,18)(H,19,20). The molecule has 0 spiro atoms. The number of piperazine rings is 1. The Morgan fingerprint density at radius 2 is 2.10 bits per heavy atom. The second-order valence-electron chi connectivity index (χ2n) is 4.26. The lowest BCUT2D eigenvalue weighted by Gasteiger charge is -2.23. The Bertz CT molecular complexity index is 562. The second-order valence-corrected chi connectivity index (χ2v) is 4.26. The van der Waals surface area contributed by atoms with E-state index in [0.29, 0.717) is 0 Å². The number of hydrogen-bond acceptors (Lipinski definition) is 5. The van der Waals surface area contributed by atoms with E-state index >= 15 is 0 Å². The minimum absolute atomic E-state index is 0.0496. The van der Waals surface area contributed by atoms with E-state index in [4.69, 9.17) is 5.11 Å². The number of amides is 2. The van der Waals surface area contributed by atoms with Gasteiger partial charge in [-0.15, -0.1) is 0 Å². The average molecular weight is 279 g/mol. The van der Waals surface area contributed by atoms with Gasteiger partial charge in [0.2, 0.25) is 11.8 Å². The maximum atomic E-state index is 11.9. The number of benzene rings is 1. The van der Waals surface area contributed by atoms with Crippen molar-refractivity contribution in [3.63, 3.8) is 0 Å². The maximum Gasteiger partial charge on any atom is 0.339 e. The second kappa shape index (κ2) is 5.57. The Labute approximate surface area is 113 Å². The molecule has 2 amide bonds. The Hall–Kier alpha value is -2.61. The Kier molecular flexibility index (Phi) is 3.85. The predicted molar refractivity (Wildman–Crippen MR) is 68.5 cm³/mol. The number of aromatic carboxylic acids is 1. The molecule has 5 N–H and O–H groups in total. The molecule has 1 unspecified atom stereocenters. The highest BCUT2D eigenvalue weighted by Gasteiger charge is 2.24. The highest BCUT2D eigenvalue weighted by molar-refractivity contribution is 5.98. The van der Waals surface area contributed by atoms with Gasteiger partial charge in [0, 0.05) is 12.2 Å². The van der Waals surface area contributed by atoms with Crippen LogP contribution in [0.5, 0.6) is 5.75 Å². The van der Waals surface area contributed by atoms with E-state index in [1.165, 1.54) is 12.1 Å². The lowest BCUT2D eigenvalue weighted by Crippen LogP contribution is -2.56. The van der Waals surface area contributed by atoms with Gasteiger partial charge in [-0.25, -0.2) is 4.79 Å². The molecule has 1 saturated heterocycles. The number of aromatic hydroxyl groups is 1. The van der Waals surface area contributed by atoms with Crippen LogP contribution in [0, 0.1) is 0 Å². The van der Waals surface area contributed by atoms with Crippen LogP contribution in [0.25, 0.3) is 0 Å². The van der Waals surface area contributed by atoms with Gasteiger partial charge in [0.1, 0.15) is 17.4 Å². The largest absolute Gasteiger partial charge is 0.507 e. The molecular weight excluding hydrogens is 266 g/mol. The molecule has 1 aliphatic rings. The van der Waals surface area contributed by atoms with Crippen molar-refractivity contribution >= 4 is 23.5 Å². The van der Waals surface area contributed by atoms with Crippen LogP contribution in [0.3, 0.4) is 0 Å². The molecule has 0 bridgehead atoms. The summed E-state index contributed by atoms with van der Waals surface area (Å²) in [5.41, 5.74) is -0.0448. The van der Waals surface area contributed by atoms with Crippen LogP contribution >= 0.6 is 0 Å². The summed E-state index contributed by atoms with van der Waals surface area (Å²) in [6, 6.07) is 3.16. The van der Waals surface area contributed by atoms with Crippen LogP contribution < -0.4 is 16.0 Å². The number of hydrogen-bond donors (Lipinski definition) is 5. The fraction of sp³-hybridized carbons (Fsp3) is 0.250. The van der Waals surface area contributed by atoms with Crippen molar-refractivity contribution in [2.24, 2.45) is 0 Å². The molecule has 8 nitrogen and oxygen atoms in total.